The summed E-state index contributed by atoms with van der Waals surface area (Å²) in [5.74, 6) is 15.4. The number of carbonyl (C=O) groups is 1. The molecule has 5 fully saturated rings. The van der Waals surface area contributed by atoms with E-state index in [0.29, 0.717) is 11.5 Å². The molecule has 10 rings (SSSR count). The zero-order chi connectivity index (χ0) is 58.9. The van der Waals surface area contributed by atoms with Gasteiger partial charge in [0, 0.05) is 16.7 Å². The molecule has 5 aromatic rings. The van der Waals surface area contributed by atoms with Gasteiger partial charge >= 0.3 is 5.97 Å². The highest BCUT2D eigenvalue weighted by molar-refractivity contribution is 5.75. The Hall–Kier alpha value is -5.20. The number of carbonyl (C=O) groups excluding carboxylic acids is 1. The zero-order valence-corrected chi connectivity index (χ0v) is 53.1. The van der Waals surface area contributed by atoms with E-state index >= 15 is 0 Å². The molecule has 3 heteroatoms. The molecule has 0 bridgehead atoms. The fourth-order valence-electron chi connectivity index (χ4n) is 15.7. The fourth-order valence-corrected chi connectivity index (χ4v) is 15.7. The van der Waals surface area contributed by atoms with Crippen molar-refractivity contribution in [3.05, 3.63) is 173 Å². The first-order valence-electron chi connectivity index (χ1n) is 34.6. The lowest BCUT2D eigenvalue weighted by Gasteiger charge is -2.38. The number of aryl methyl sites for hydroxylation is 3. The monoisotopic (exact) mass is 1130 g/mol. The molecular formula is C81H109FO2. The summed E-state index contributed by atoms with van der Waals surface area (Å²) in [5.41, 5.74) is 10.3. The van der Waals surface area contributed by atoms with Crippen molar-refractivity contribution >= 4 is 5.97 Å². The molecule has 0 amide bonds. The highest BCUT2D eigenvalue weighted by atomic mass is 19.1. The van der Waals surface area contributed by atoms with Crippen LogP contribution < -0.4 is 4.74 Å². The number of hydrogen-bond donors (Lipinski definition) is 0. The van der Waals surface area contributed by atoms with Gasteiger partial charge < -0.3 is 4.74 Å². The minimum absolute atomic E-state index is 0.00734. The molecule has 0 spiro atoms. The van der Waals surface area contributed by atoms with E-state index in [2.05, 4.69) is 120 Å². The molecule has 0 radical (unpaired) electrons. The van der Waals surface area contributed by atoms with Gasteiger partial charge in [-0.15, -0.1) is 6.58 Å². The molecule has 0 aliphatic heterocycles. The quantitative estimate of drug-likeness (QED) is 0.0356. The summed E-state index contributed by atoms with van der Waals surface area (Å²) < 4.78 is 20.2. The van der Waals surface area contributed by atoms with Gasteiger partial charge in [0.15, 0.2) is 0 Å². The van der Waals surface area contributed by atoms with Crippen LogP contribution in [0.2, 0.25) is 0 Å². The molecule has 0 atom stereocenters. The van der Waals surface area contributed by atoms with E-state index in [1.807, 2.05) is 48.5 Å². The van der Waals surface area contributed by atoms with Crippen LogP contribution in [0.5, 0.6) is 5.75 Å². The third-order valence-electron chi connectivity index (χ3n) is 21.0. The first-order valence-corrected chi connectivity index (χ1v) is 34.6. The van der Waals surface area contributed by atoms with Crippen molar-refractivity contribution < 1.29 is 13.9 Å². The minimum Gasteiger partial charge on any atom is -0.426 e. The van der Waals surface area contributed by atoms with Crippen molar-refractivity contribution in [2.75, 3.05) is 0 Å². The summed E-state index contributed by atoms with van der Waals surface area (Å²) in [7, 11) is 0. The second kappa shape index (κ2) is 34.8. The van der Waals surface area contributed by atoms with E-state index in [-0.39, 0.29) is 17.7 Å². The van der Waals surface area contributed by atoms with Gasteiger partial charge in [0.1, 0.15) is 11.6 Å². The Labute approximate surface area is 511 Å². The molecule has 5 aliphatic carbocycles. The number of benzene rings is 5. The molecule has 0 N–H and O–H groups in total. The Kier molecular flexibility index (Phi) is 26.9. The summed E-state index contributed by atoms with van der Waals surface area (Å²) in [5, 5.41) is 0. The number of ether oxygens (including phenoxy) is 1. The number of allylic oxidation sites excluding steroid dienone is 1. The summed E-state index contributed by atoms with van der Waals surface area (Å²) >= 11 is 0. The lowest BCUT2D eigenvalue weighted by Crippen LogP contribution is -2.30. The van der Waals surface area contributed by atoms with Gasteiger partial charge in [-0.3, -0.25) is 4.79 Å². The lowest BCUT2D eigenvalue weighted by molar-refractivity contribution is -0.140. The van der Waals surface area contributed by atoms with Crippen molar-refractivity contribution in [2.45, 2.75) is 245 Å². The molecule has 0 unspecified atom stereocenters. The molecule has 84 heavy (non-hydrogen) atoms. The van der Waals surface area contributed by atoms with Crippen LogP contribution in [-0.2, 0) is 17.6 Å². The summed E-state index contributed by atoms with van der Waals surface area (Å²) in [6.45, 7) is 15.0. The van der Waals surface area contributed by atoms with E-state index in [0.717, 1.165) is 107 Å². The third-order valence-corrected chi connectivity index (χ3v) is 21.0. The predicted octanol–water partition coefficient (Wildman–Crippen LogP) is 23.3. The highest BCUT2D eigenvalue weighted by Crippen LogP contribution is 2.46. The first kappa shape index (κ1) is 64.8. The number of esters is 1. The Morgan fingerprint density at radius 2 is 0.952 bits per heavy atom. The number of rotatable bonds is 19. The predicted molar refractivity (Wildman–Crippen MR) is 355 cm³/mol. The number of unbranched alkanes of at least 4 members (excludes halogenated alkanes) is 1. The van der Waals surface area contributed by atoms with Crippen LogP contribution in [0.1, 0.15) is 265 Å². The Balaban J connectivity index is 0.000000167. The van der Waals surface area contributed by atoms with Crippen molar-refractivity contribution in [3.8, 4) is 28.7 Å². The minimum atomic E-state index is -0.159. The molecule has 452 valence electrons. The Bertz CT molecular complexity index is 2720. The number of hydrogen-bond acceptors (Lipinski definition) is 2. The van der Waals surface area contributed by atoms with Crippen LogP contribution in [0.25, 0.3) is 11.1 Å². The van der Waals surface area contributed by atoms with E-state index in [1.165, 1.54) is 184 Å². The van der Waals surface area contributed by atoms with Gasteiger partial charge in [0.2, 0.25) is 0 Å². The van der Waals surface area contributed by atoms with Gasteiger partial charge in [-0.05, 0) is 265 Å². The van der Waals surface area contributed by atoms with E-state index < -0.39 is 0 Å². The van der Waals surface area contributed by atoms with Crippen molar-refractivity contribution in [1.82, 2.24) is 0 Å². The fraction of sp³-hybridized carbons (Fsp3) is 0.568. The normalized spacial score (nSPS) is 25.1. The van der Waals surface area contributed by atoms with Crippen LogP contribution in [-0.4, -0.2) is 5.97 Å². The van der Waals surface area contributed by atoms with Gasteiger partial charge in [-0.1, -0.05) is 188 Å². The second-order valence-corrected chi connectivity index (χ2v) is 27.0. The molecule has 5 aromatic carbocycles. The SMILES string of the molecule is C=CCCC1CCC(C2CCC(c3ccc(C)cc3)CC2)CC1.CCCC1CCC(c2ccc(OC(=O)C3CCC(C4CCC(CCC)CC4)CC3)cc2)CC1.CCCCc1ccc(C#Cc2ccc(-c3ccc(CCC)cc3F)cc2)cc1. The molecule has 5 saturated carbocycles. The Morgan fingerprint density at radius 1 is 0.500 bits per heavy atom. The van der Waals surface area contributed by atoms with Crippen LogP contribution >= 0.6 is 0 Å². The van der Waals surface area contributed by atoms with Gasteiger partial charge in [-0.2, -0.15) is 0 Å². The largest absolute Gasteiger partial charge is 0.426 e. The van der Waals surface area contributed by atoms with Crippen molar-refractivity contribution in [1.29, 1.82) is 0 Å². The molecule has 0 aromatic heterocycles. The molecule has 0 saturated heterocycles. The average molecular weight is 1130 g/mol. The molecule has 5 aliphatic rings. The average Bonchev–Trinajstić information content (AvgIpc) is 3.63. The lowest BCUT2D eigenvalue weighted by atomic mass is 9.68. The maximum atomic E-state index is 14.4. The molecule has 0 heterocycles. The standard InChI is InChI=1S/C31H48O2.C27H27F.C23H34/c1-3-5-23-7-11-25(12-8-23)27-15-17-29(18-16-27)31(32)33-30-21-19-28(20-22-30)26-13-9-24(6-4-2)10-14-26;1-3-5-7-21-8-10-22(11-9-21)12-13-23-14-17-25(18-15-23)26-19-16-24(6-4-2)20-27(26)28;1-3-4-5-19-8-12-21(13-9-19)23-16-14-22(15-17-23)20-10-6-18(2)7-11-20/h19-27,29H,3-18H2,1-2H3;8-11,14-20H,3-7H2,1-2H3;3,6-7,10-11,19,21-23H,1,4-5,8-9,12-17H2,2H3. The van der Waals surface area contributed by atoms with E-state index in [9.17, 15) is 9.18 Å². The van der Waals surface area contributed by atoms with Crippen LogP contribution in [0.15, 0.2) is 128 Å². The second-order valence-electron chi connectivity index (χ2n) is 27.0. The van der Waals surface area contributed by atoms with Gasteiger partial charge in [0.05, 0.1) is 5.92 Å². The van der Waals surface area contributed by atoms with Crippen molar-refractivity contribution in [2.24, 2.45) is 47.3 Å². The molecular weight excluding hydrogens is 1020 g/mol. The first-order chi connectivity index (χ1) is 41.1. The summed E-state index contributed by atoms with van der Waals surface area (Å²) in [6.07, 6.45) is 43.0. The van der Waals surface area contributed by atoms with Gasteiger partial charge in [0.25, 0.3) is 0 Å². The summed E-state index contributed by atoms with van der Waals surface area (Å²) in [4.78, 5) is 12.8. The van der Waals surface area contributed by atoms with Gasteiger partial charge in [-0.25, -0.2) is 4.39 Å². The van der Waals surface area contributed by atoms with Crippen LogP contribution in [0.3, 0.4) is 0 Å². The Morgan fingerprint density at radius 3 is 1.44 bits per heavy atom. The third kappa shape index (κ3) is 20.2. The van der Waals surface area contributed by atoms with Crippen LogP contribution in [0.4, 0.5) is 4.39 Å². The smallest absolute Gasteiger partial charge is 0.314 e. The summed E-state index contributed by atoms with van der Waals surface area (Å²) in [6, 6.07) is 39.6. The van der Waals surface area contributed by atoms with E-state index in [4.69, 9.17) is 4.74 Å². The van der Waals surface area contributed by atoms with Crippen molar-refractivity contribution in [3.63, 3.8) is 0 Å². The topological polar surface area (TPSA) is 26.3 Å². The zero-order valence-electron chi connectivity index (χ0n) is 53.1. The molecule has 2 nitrogen and oxygen atoms in total. The maximum Gasteiger partial charge on any atom is 0.314 e. The highest BCUT2D eigenvalue weighted by Gasteiger charge is 2.34. The number of halogens is 1. The van der Waals surface area contributed by atoms with Crippen LogP contribution in [0, 0.1) is 71.9 Å². The van der Waals surface area contributed by atoms with E-state index in [1.54, 1.807) is 11.6 Å². The maximum absolute atomic E-state index is 14.4.